The Morgan fingerprint density at radius 2 is 1.44 bits per heavy atom. The second kappa shape index (κ2) is 8.59. The lowest BCUT2D eigenvalue weighted by atomic mass is 10.1. The Balaban J connectivity index is 1.27. The molecule has 0 bridgehead atoms. The molecule has 36 heavy (non-hydrogen) atoms. The van der Waals surface area contributed by atoms with Gasteiger partial charge in [-0.1, -0.05) is 83.6 Å². The maximum Gasteiger partial charge on any atom is 0.171 e. The van der Waals surface area contributed by atoms with Crippen molar-refractivity contribution < 1.29 is 4.52 Å². The maximum atomic E-state index is 5.89. The van der Waals surface area contributed by atoms with Gasteiger partial charge in [0.05, 0.1) is 22.6 Å². The molecule has 172 valence electrons. The van der Waals surface area contributed by atoms with Crippen molar-refractivity contribution in [2.45, 2.75) is 9.79 Å². The van der Waals surface area contributed by atoms with E-state index in [1.54, 1.807) is 11.8 Å². The van der Waals surface area contributed by atoms with Crippen LogP contribution in [0.5, 0.6) is 0 Å². The van der Waals surface area contributed by atoms with Gasteiger partial charge in [-0.05, 0) is 36.4 Å². The standard InChI is InChI=1S/C30H20N4OS/c1-3-9-20(10-4-1)30-23(19-34(32-30)22-11-5-2-6-12-22)27-18-25(33-35-27)21-15-16-29-26(17-21)31-24-13-7-8-14-28(24)36-29/h1-19,31H. The summed E-state index contributed by atoms with van der Waals surface area (Å²) in [4.78, 5) is 2.42. The van der Waals surface area contributed by atoms with E-state index in [9.17, 15) is 0 Å². The van der Waals surface area contributed by atoms with Crippen LogP contribution in [0, 0.1) is 0 Å². The number of aromatic nitrogens is 3. The van der Waals surface area contributed by atoms with Gasteiger partial charge in [0.15, 0.2) is 5.76 Å². The van der Waals surface area contributed by atoms with Crippen molar-refractivity contribution >= 4 is 23.1 Å². The Morgan fingerprint density at radius 3 is 2.31 bits per heavy atom. The highest BCUT2D eigenvalue weighted by atomic mass is 32.2. The van der Waals surface area contributed by atoms with Gasteiger partial charge in [-0.3, -0.25) is 0 Å². The molecule has 1 N–H and O–H groups in total. The zero-order chi connectivity index (χ0) is 23.9. The number of nitrogens with zero attached hydrogens (tertiary/aromatic N) is 3. The van der Waals surface area contributed by atoms with Crippen LogP contribution in [0.1, 0.15) is 0 Å². The summed E-state index contributed by atoms with van der Waals surface area (Å²) in [6.45, 7) is 0. The average Bonchev–Trinajstić information content (AvgIpc) is 3.61. The molecule has 4 aromatic carbocycles. The van der Waals surface area contributed by atoms with Crippen molar-refractivity contribution in [1.29, 1.82) is 0 Å². The third-order valence-corrected chi connectivity index (χ3v) is 7.36. The second-order valence-corrected chi connectivity index (χ2v) is 9.63. The van der Waals surface area contributed by atoms with E-state index in [4.69, 9.17) is 9.62 Å². The first-order chi connectivity index (χ1) is 17.8. The fourth-order valence-electron chi connectivity index (χ4n) is 4.41. The van der Waals surface area contributed by atoms with E-state index in [1.807, 2.05) is 71.5 Å². The summed E-state index contributed by atoms with van der Waals surface area (Å²) in [7, 11) is 0. The van der Waals surface area contributed by atoms with Crippen molar-refractivity contribution in [3.05, 3.63) is 115 Å². The summed E-state index contributed by atoms with van der Waals surface area (Å²) >= 11 is 1.77. The quantitative estimate of drug-likeness (QED) is 0.274. The molecule has 0 radical (unpaired) electrons. The molecule has 0 aliphatic carbocycles. The van der Waals surface area contributed by atoms with Crippen LogP contribution >= 0.6 is 11.8 Å². The van der Waals surface area contributed by atoms with Crippen molar-refractivity contribution in [2.75, 3.05) is 5.32 Å². The summed E-state index contributed by atoms with van der Waals surface area (Å²) < 4.78 is 7.77. The Kier molecular flexibility index (Phi) is 4.96. The average molecular weight is 485 g/mol. The van der Waals surface area contributed by atoms with Crippen molar-refractivity contribution in [1.82, 2.24) is 14.9 Å². The summed E-state index contributed by atoms with van der Waals surface area (Å²) in [5.74, 6) is 0.677. The molecule has 2 aromatic heterocycles. The smallest absolute Gasteiger partial charge is 0.171 e. The third kappa shape index (κ3) is 3.68. The monoisotopic (exact) mass is 484 g/mol. The fraction of sp³-hybridized carbons (Fsp3) is 0. The van der Waals surface area contributed by atoms with Gasteiger partial charge in [0.2, 0.25) is 0 Å². The molecular weight excluding hydrogens is 464 g/mol. The zero-order valence-electron chi connectivity index (χ0n) is 19.1. The molecule has 6 heteroatoms. The SMILES string of the molecule is c1ccc(-c2nn(-c3ccccc3)cc2-c2cc(-c3ccc4c(c3)Nc3ccccc3S4)no2)cc1. The molecule has 7 rings (SSSR count). The number of hydrogen-bond donors (Lipinski definition) is 1. The Bertz CT molecular complexity index is 1690. The van der Waals surface area contributed by atoms with Gasteiger partial charge in [-0.25, -0.2) is 4.68 Å². The highest BCUT2D eigenvalue weighted by molar-refractivity contribution is 7.99. The Hall–Kier alpha value is -4.55. The van der Waals surface area contributed by atoms with Crippen LogP contribution in [0.2, 0.25) is 0 Å². The largest absolute Gasteiger partial charge is 0.356 e. The molecule has 0 spiro atoms. The fourth-order valence-corrected chi connectivity index (χ4v) is 5.38. The number of anilines is 2. The first kappa shape index (κ1) is 20.8. The van der Waals surface area contributed by atoms with Gasteiger partial charge in [0.1, 0.15) is 11.4 Å². The topological polar surface area (TPSA) is 55.9 Å². The van der Waals surface area contributed by atoms with Crippen LogP contribution in [0.4, 0.5) is 11.4 Å². The van der Waals surface area contributed by atoms with Gasteiger partial charge in [-0.2, -0.15) is 5.10 Å². The van der Waals surface area contributed by atoms with Gasteiger partial charge < -0.3 is 9.84 Å². The highest BCUT2D eigenvalue weighted by Gasteiger charge is 2.20. The minimum Gasteiger partial charge on any atom is -0.356 e. The molecule has 6 aromatic rings. The molecule has 1 aliphatic heterocycles. The number of benzene rings is 4. The van der Waals surface area contributed by atoms with E-state index in [0.29, 0.717) is 5.76 Å². The summed E-state index contributed by atoms with van der Waals surface area (Å²) in [5.41, 5.74) is 7.72. The lowest BCUT2D eigenvalue weighted by Crippen LogP contribution is -1.99. The van der Waals surface area contributed by atoms with Crippen molar-refractivity contribution in [3.8, 4) is 39.5 Å². The minimum atomic E-state index is 0.677. The predicted octanol–water partition coefficient (Wildman–Crippen LogP) is 8.07. The third-order valence-electron chi connectivity index (χ3n) is 6.21. The van der Waals surface area contributed by atoms with Crippen LogP contribution in [-0.4, -0.2) is 14.9 Å². The molecule has 0 saturated heterocycles. The molecule has 1 aliphatic rings. The van der Waals surface area contributed by atoms with Gasteiger partial charge >= 0.3 is 0 Å². The number of hydrogen-bond acceptors (Lipinski definition) is 5. The van der Waals surface area contributed by atoms with E-state index < -0.39 is 0 Å². The summed E-state index contributed by atoms with van der Waals surface area (Å²) in [6, 6.07) is 36.9. The Morgan fingerprint density at radius 1 is 0.694 bits per heavy atom. The molecular formula is C30H20N4OS. The van der Waals surface area contributed by atoms with Gasteiger partial charge in [-0.15, -0.1) is 0 Å². The van der Waals surface area contributed by atoms with E-state index >= 15 is 0 Å². The normalized spacial score (nSPS) is 12.0. The summed E-state index contributed by atoms with van der Waals surface area (Å²) in [5, 5.41) is 12.9. The molecule has 0 fully saturated rings. The number of para-hydroxylation sites is 2. The van der Waals surface area contributed by atoms with Crippen LogP contribution in [0.15, 0.2) is 130 Å². The predicted molar refractivity (Wildman–Crippen MR) is 144 cm³/mol. The molecule has 0 amide bonds. The lowest BCUT2D eigenvalue weighted by Gasteiger charge is -2.20. The highest BCUT2D eigenvalue weighted by Crippen LogP contribution is 2.45. The number of fused-ring (bicyclic) bond motifs is 2. The lowest BCUT2D eigenvalue weighted by molar-refractivity contribution is 0.435. The molecule has 5 nitrogen and oxygen atoms in total. The first-order valence-corrected chi connectivity index (χ1v) is 12.5. The number of nitrogens with one attached hydrogen (secondary N) is 1. The van der Waals surface area contributed by atoms with E-state index in [1.165, 1.54) is 9.79 Å². The van der Waals surface area contributed by atoms with Crippen LogP contribution < -0.4 is 5.32 Å². The van der Waals surface area contributed by atoms with Crippen molar-refractivity contribution in [3.63, 3.8) is 0 Å². The number of rotatable bonds is 4. The molecule has 0 saturated carbocycles. The van der Waals surface area contributed by atoms with Crippen LogP contribution in [0.25, 0.3) is 39.5 Å². The van der Waals surface area contributed by atoms with Crippen molar-refractivity contribution in [2.24, 2.45) is 0 Å². The van der Waals surface area contributed by atoms with E-state index in [2.05, 4.69) is 59.0 Å². The Labute approximate surface area is 212 Å². The van der Waals surface area contributed by atoms with E-state index in [0.717, 1.165) is 45.1 Å². The molecule has 0 atom stereocenters. The first-order valence-electron chi connectivity index (χ1n) is 11.7. The second-order valence-electron chi connectivity index (χ2n) is 8.55. The van der Waals surface area contributed by atoms with Crippen LogP contribution in [0.3, 0.4) is 0 Å². The molecule has 0 unspecified atom stereocenters. The van der Waals surface area contributed by atoms with Crippen LogP contribution in [-0.2, 0) is 0 Å². The minimum absolute atomic E-state index is 0.677. The van der Waals surface area contributed by atoms with Gasteiger partial charge in [0.25, 0.3) is 0 Å². The van der Waals surface area contributed by atoms with E-state index in [-0.39, 0.29) is 0 Å². The van der Waals surface area contributed by atoms with Gasteiger partial charge in [0, 0.05) is 33.2 Å². The maximum absolute atomic E-state index is 5.89. The summed E-state index contributed by atoms with van der Waals surface area (Å²) in [6.07, 6.45) is 2.00. The molecule has 3 heterocycles. The zero-order valence-corrected chi connectivity index (χ0v) is 19.9.